The van der Waals surface area contributed by atoms with Gasteiger partial charge in [0.1, 0.15) is 6.04 Å². The first-order valence-electron chi connectivity index (χ1n) is 9.79. The molecule has 2 aromatic rings. The predicted octanol–water partition coefficient (Wildman–Crippen LogP) is 2.73. The van der Waals surface area contributed by atoms with E-state index in [1.807, 2.05) is 63.2 Å². The molecule has 3 rings (SSSR count). The van der Waals surface area contributed by atoms with Gasteiger partial charge in [-0.1, -0.05) is 56.3 Å². The molecule has 29 heavy (non-hydrogen) atoms. The molecular formula is C23H27N3O3. The number of rotatable bonds is 7. The van der Waals surface area contributed by atoms with Crippen molar-refractivity contribution in [1.82, 2.24) is 15.1 Å². The van der Waals surface area contributed by atoms with E-state index in [1.54, 1.807) is 24.3 Å². The summed E-state index contributed by atoms with van der Waals surface area (Å²) in [5.41, 5.74) is 1.79. The lowest BCUT2D eigenvalue weighted by molar-refractivity contribution is -0.126. The minimum Gasteiger partial charge on any atom is -0.352 e. The Morgan fingerprint density at radius 3 is 1.93 bits per heavy atom. The number of nitrogens with zero attached hydrogens (tertiary/aromatic N) is 2. The molecule has 6 heteroatoms. The molecule has 1 heterocycles. The molecule has 0 aliphatic carbocycles. The molecule has 1 aliphatic rings. The zero-order valence-electron chi connectivity index (χ0n) is 17.3. The first-order chi connectivity index (χ1) is 13.8. The largest absolute Gasteiger partial charge is 0.352 e. The van der Waals surface area contributed by atoms with Crippen molar-refractivity contribution in [1.29, 1.82) is 0 Å². The van der Waals surface area contributed by atoms with E-state index in [9.17, 15) is 14.4 Å². The van der Waals surface area contributed by atoms with Crippen LogP contribution in [-0.2, 0) is 4.79 Å². The van der Waals surface area contributed by atoms with Crippen LogP contribution in [-0.4, -0.2) is 54.2 Å². The van der Waals surface area contributed by atoms with Gasteiger partial charge in [0.05, 0.1) is 17.2 Å². The number of hydrogen-bond donors (Lipinski definition) is 1. The van der Waals surface area contributed by atoms with Crippen molar-refractivity contribution in [3.05, 3.63) is 71.3 Å². The monoisotopic (exact) mass is 393 g/mol. The Morgan fingerprint density at radius 2 is 1.45 bits per heavy atom. The minimum absolute atomic E-state index is 0.0184. The summed E-state index contributed by atoms with van der Waals surface area (Å²) in [6.45, 7) is 4.06. The van der Waals surface area contributed by atoms with Crippen molar-refractivity contribution in [2.45, 2.75) is 25.9 Å². The van der Waals surface area contributed by atoms with Gasteiger partial charge in [-0.25, -0.2) is 0 Å². The van der Waals surface area contributed by atoms with Crippen LogP contribution < -0.4 is 5.32 Å². The van der Waals surface area contributed by atoms with Gasteiger partial charge >= 0.3 is 0 Å². The highest BCUT2D eigenvalue weighted by atomic mass is 16.2. The highest BCUT2D eigenvalue weighted by molar-refractivity contribution is 6.22. The molecule has 0 fully saturated rings. The average Bonchev–Trinajstić information content (AvgIpc) is 2.94. The van der Waals surface area contributed by atoms with Crippen molar-refractivity contribution >= 4 is 17.7 Å². The smallest absolute Gasteiger partial charge is 0.262 e. The predicted molar refractivity (Wildman–Crippen MR) is 111 cm³/mol. The Morgan fingerprint density at radius 1 is 0.931 bits per heavy atom. The number of amides is 3. The molecule has 152 valence electrons. The fourth-order valence-corrected chi connectivity index (χ4v) is 3.75. The number of carbonyl (C=O) groups excluding carboxylic acids is 3. The number of carbonyl (C=O) groups is 3. The molecule has 0 aromatic heterocycles. The molecule has 2 atom stereocenters. The third kappa shape index (κ3) is 4.07. The SMILES string of the molecule is CC(C)[C@H](C(=O)NCC(c1ccccc1)N(C)C)N1C(=O)c2ccccc2C1=O. The summed E-state index contributed by atoms with van der Waals surface area (Å²) in [7, 11) is 3.90. The van der Waals surface area contributed by atoms with Crippen LogP contribution in [0.4, 0.5) is 0 Å². The average molecular weight is 393 g/mol. The summed E-state index contributed by atoms with van der Waals surface area (Å²) in [6, 6.07) is 15.7. The van der Waals surface area contributed by atoms with Gasteiger partial charge in [0.15, 0.2) is 0 Å². The number of hydrogen-bond acceptors (Lipinski definition) is 4. The van der Waals surface area contributed by atoms with Crippen LogP contribution in [0.25, 0.3) is 0 Å². The minimum atomic E-state index is -0.860. The van der Waals surface area contributed by atoms with Crippen LogP contribution >= 0.6 is 0 Å². The van der Waals surface area contributed by atoms with Gasteiger partial charge in [0.25, 0.3) is 11.8 Å². The fraction of sp³-hybridized carbons (Fsp3) is 0.348. The quantitative estimate of drug-likeness (QED) is 0.735. The van der Waals surface area contributed by atoms with E-state index in [4.69, 9.17) is 0 Å². The van der Waals surface area contributed by atoms with Crippen LogP contribution in [0, 0.1) is 5.92 Å². The first kappa shape index (κ1) is 20.7. The zero-order chi connectivity index (χ0) is 21.1. The Labute approximate surface area is 171 Å². The third-order valence-corrected chi connectivity index (χ3v) is 5.28. The van der Waals surface area contributed by atoms with Gasteiger partial charge in [-0.2, -0.15) is 0 Å². The second-order valence-corrected chi connectivity index (χ2v) is 7.85. The maximum atomic E-state index is 13.1. The number of benzene rings is 2. The Bertz CT molecular complexity index is 874. The zero-order valence-corrected chi connectivity index (χ0v) is 17.3. The Balaban J connectivity index is 1.79. The molecule has 0 saturated carbocycles. The molecular weight excluding hydrogens is 366 g/mol. The molecule has 0 spiro atoms. The lowest BCUT2D eigenvalue weighted by Crippen LogP contribution is -2.53. The molecule has 0 bridgehead atoms. The fourth-order valence-electron chi connectivity index (χ4n) is 3.75. The van der Waals surface area contributed by atoms with E-state index in [0.717, 1.165) is 10.5 Å². The van der Waals surface area contributed by atoms with Gasteiger partial charge in [-0.15, -0.1) is 0 Å². The molecule has 1 N–H and O–H groups in total. The van der Waals surface area contributed by atoms with E-state index in [0.29, 0.717) is 17.7 Å². The molecule has 6 nitrogen and oxygen atoms in total. The second kappa shape index (κ2) is 8.57. The van der Waals surface area contributed by atoms with Crippen molar-refractivity contribution in [3.63, 3.8) is 0 Å². The standard InChI is InChI=1S/C23H27N3O3/c1-15(2)20(26-22(28)17-12-8-9-13-18(17)23(26)29)21(27)24-14-19(25(3)4)16-10-6-5-7-11-16/h5-13,15,19-20H,14H2,1-4H3,(H,24,27)/t19?,20-/m1/s1. The topological polar surface area (TPSA) is 69.7 Å². The first-order valence-corrected chi connectivity index (χ1v) is 9.79. The van der Waals surface area contributed by atoms with Crippen molar-refractivity contribution in [3.8, 4) is 0 Å². The summed E-state index contributed by atoms with van der Waals surface area (Å²) in [6.07, 6.45) is 0. The van der Waals surface area contributed by atoms with Gasteiger partial charge in [0, 0.05) is 6.54 Å². The van der Waals surface area contributed by atoms with Gasteiger partial charge < -0.3 is 10.2 Å². The highest BCUT2D eigenvalue weighted by Gasteiger charge is 2.43. The molecule has 2 aromatic carbocycles. The summed E-state index contributed by atoms with van der Waals surface area (Å²) in [5, 5.41) is 2.96. The van der Waals surface area contributed by atoms with E-state index in [-0.39, 0.29) is 17.9 Å². The van der Waals surface area contributed by atoms with Crippen LogP contribution in [0.15, 0.2) is 54.6 Å². The third-order valence-electron chi connectivity index (χ3n) is 5.28. The number of likely N-dealkylation sites (N-methyl/N-ethyl adjacent to an activating group) is 1. The van der Waals surface area contributed by atoms with Crippen molar-refractivity contribution in [2.75, 3.05) is 20.6 Å². The van der Waals surface area contributed by atoms with E-state index >= 15 is 0 Å². The summed E-state index contributed by atoms with van der Waals surface area (Å²) in [5.74, 6) is -1.36. The van der Waals surface area contributed by atoms with Gasteiger partial charge in [0.2, 0.25) is 5.91 Å². The molecule has 0 radical (unpaired) electrons. The second-order valence-electron chi connectivity index (χ2n) is 7.85. The Kier molecular flexibility index (Phi) is 6.13. The van der Waals surface area contributed by atoms with E-state index in [1.165, 1.54) is 0 Å². The van der Waals surface area contributed by atoms with Crippen LogP contribution in [0.2, 0.25) is 0 Å². The highest BCUT2D eigenvalue weighted by Crippen LogP contribution is 2.27. The number of fused-ring (bicyclic) bond motifs is 1. The summed E-state index contributed by atoms with van der Waals surface area (Å²) >= 11 is 0. The van der Waals surface area contributed by atoms with Crippen molar-refractivity contribution in [2.24, 2.45) is 5.92 Å². The maximum absolute atomic E-state index is 13.1. The summed E-state index contributed by atoms with van der Waals surface area (Å²) < 4.78 is 0. The lowest BCUT2D eigenvalue weighted by Gasteiger charge is -2.30. The van der Waals surface area contributed by atoms with Crippen LogP contribution in [0.1, 0.15) is 46.2 Å². The maximum Gasteiger partial charge on any atom is 0.262 e. The number of imide groups is 1. The van der Waals surface area contributed by atoms with E-state index in [2.05, 4.69) is 5.32 Å². The lowest BCUT2D eigenvalue weighted by atomic mass is 10.0. The normalized spacial score (nSPS) is 15.6. The van der Waals surface area contributed by atoms with Gasteiger partial charge in [-0.05, 0) is 37.7 Å². The summed E-state index contributed by atoms with van der Waals surface area (Å²) in [4.78, 5) is 41.9. The van der Waals surface area contributed by atoms with Crippen LogP contribution in [0.3, 0.4) is 0 Å². The molecule has 1 aliphatic heterocycles. The number of nitrogens with one attached hydrogen (secondary N) is 1. The van der Waals surface area contributed by atoms with Crippen molar-refractivity contribution < 1.29 is 14.4 Å². The van der Waals surface area contributed by atoms with Crippen LogP contribution in [0.5, 0.6) is 0 Å². The molecule has 3 amide bonds. The van der Waals surface area contributed by atoms with Gasteiger partial charge in [-0.3, -0.25) is 19.3 Å². The van der Waals surface area contributed by atoms with E-state index < -0.39 is 17.9 Å². The molecule has 0 saturated heterocycles. The Hall–Kier alpha value is -2.99. The molecule has 1 unspecified atom stereocenters.